The Morgan fingerprint density at radius 3 is 2.61 bits per heavy atom. The summed E-state index contributed by atoms with van der Waals surface area (Å²) in [6, 6.07) is 19.1. The normalized spacial score (nSPS) is 15.0. The minimum absolute atomic E-state index is 0.149. The third-order valence-electron chi connectivity index (χ3n) is 4.83. The van der Waals surface area contributed by atoms with E-state index in [0.717, 1.165) is 15.2 Å². The van der Waals surface area contributed by atoms with Crippen molar-refractivity contribution in [3.63, 3.8) is 0 Å². The van der Waals surface area contributed by atoms with Crippen LogP contribution in [0.25, 0.3) is 16.3 Å². The third-order valence-corrected chi connectivity index (χ3v) is 7.74. The lowest BCUT2D eigenvalue weighted by atomic mass is 10.2. The Hall–Kier alpha value is -2.71. The van der Waals surface area contributed by atoms with Crippen molar-refractivity contribution < 1.29 is 9.18 Å². The van der Waals surface area contributed by atoms with Gasteiger partial charge in [-0.2, -0.15) is 0 Å². The molecule has 0 fully saturated rings. The predicted octanol–water partition coefficient (Wildman–Crippen LogP) is 7.42. The van der Waals surface area contributed by atoms with Crippen molar-refractivity contribution in [1.82, 2.24) is 4.98 Å². The van der Waals surface area contributed by atoms with Crippen LogP contribution >= 0.6 is 46.3 Å². The molecule has 164 valence electrons. The molecule has 1 amide bonds. The van der Waals surface area contributed by atoms with E-state index in [4.69, 9.17) is 23.2 Å². The van der Waals surface area contributed by atoms with E-state index in [2.05, 4.69) is 9.98 Å². The maximum absolute atomic E-state index is 14.6. The molecule has 1 aromatic heterocycles. The van der Waals surface area contributed by atoms with Crippen LogP contribution in [0.5, 0.6) is 0 Å². The molecule has 9 heteroatoms. The highest BCUT2D eigenvalue weighted by atomic mass is 35.5. The summed E-state index contributed by atoms with van der Waals surface area (Å²) in [5.41, 5.74) is 1.93. The van der Waals surface area contributed by atoms with Gasteiger partial charge in [-0.1, -0.05) is 65.3 Å². The number of aliphatic imine (C=N–C) groups is 1. The Morgan fingerprint density at radius 1 is 1.03 bits per heavy atom. The molecule has 0 saturated carbocycles. The number of benzene rings is 3. The van der Waals surface area contributed by atoms with E-state index in [0.29, 0.717) is 26.5 Å². The lowest BCUT2D eigenvalue weighted by Crippen LogP contribution is -2.31. The fourth-order valence-corrected chi connectivity index (χ4v) is 5.58. The smallest absolute Gasteiger partial charge is 0.266 e. The van der Waals surface area contributed by atoms with Gasteiger partial charge in [0.1, 0.15) is 16.5 Å². The van der Waals surface area contributed by atoms with Crippen molar-refractivity contribution in [3.8, 4) is 0 Å². The number of halogens is 3. The topological polar surface area (TPSA) is 45.6 Å². The number of thiazole rings is 1. The molecule has 0 atom stereocenters. The van der Waals surface area contributed by atoms with Crippen molar-refractivity contribution in [2.24, 2.45) is 4.99 Å². The molecule has 1 aliphatic heterocycles. The molecule has 3 aromatic carbocycles. The number of anilines is 1. The minimum Gasteiger partial charge on any atom is -0.266 e. The van der Waals surface area contributed by atoms with E-state index >= 15 is 0 Å². The number of carbonyl (C=O) groups is 1. The molecule has 4 aromatic rings. The molecule has 1 aliphatic rings. The van der Waals surface area contributed by atoms with Crippen LogP contribution in [0.4, 0.5) is 10.1 Å². The number of para-hydroxylation sites is 2. The zero-order chi connectivity index (χ0) is 22.9. The SMILES string of the molecule is O=C1/C(=C/c2ccc(Cl)c(Cl)c2)N=C(SCc2nc3ccccc3s2)N1c1ccccc1F. The third kappa shape index (κ3) is 4.54. The van der Waals surface area contributed by atoms with Crippen molar-refractivity contribution in [1.29, 1.82) is 0 Å². The molecule has 0 bridgehead atoms. The minimum atomic E-state index is -0.505. The van der Waals surface area contributed by atoms with E-state index in [1.54, 1.807) is 53.8 Å². The zero-order valence-electron chi connectivity index (χ0n) is 16.8. The molecule has 0 N–H and O–H groups in total. The number of amidine groups is 1. The number of hydrogen-bond donors (Lipinski definition) is 0. The Kier molecular flexibility index (Phi) is 6.21. The van der Waals surface area contributed by atoms with Crippen molar-refractivity contribution >= 4 is 79.4 Å². The second-order valence-electron chi connectivity index (χ2n) is 7.05. The molecular formula is C24H14Cl2FN3OS2. The molecule has 0 radical (unpaired) electrons. The van der Waals surface area contributed by atoms with Crippen LogP contribution in [-0.4, -0.2) is 16.1 Å². The first-order chi connectivity index (χ1) is 16.0. The van der Waals surface area contributed by atoms with Crippen LogP contribution in [0.1, 0.15) is 10.6 Å². The summed E-state index contributed by atoms with van der Waals surface area (Å²) in [6.07, 6.45) is 1.61. The van der Waals surface area contributed by atoms with Gasteiger partial charge >= 0.3 is 0 Å². The average molecular weight is 514 g/mol. The van der Waals surface area contributed by atoms with Gasteiger partial charge < -0.3 is 0 Å². The molecule has 0 spiro atoms. The standard InChI is InChI=1S/C24H14Cl2FN3OS2/c25-15-10-9-14(11-16(15)26)12-19-23(31)30(20-7-3-1-5-17(20)27)24(29-19)32-13-22-28-18-6-2-4-8-21(18)33-22/h1-12H,13H2/b19-12-. The second kappa shape index (κ2) is 9.27. The zero-order valence-corrected chi connectivity index (χ0v) is 20.0. The monoisotopic (exact) mass is 513 g/mol. The molecule has 33 heavy (non-hydrogen) atoms. The Balaban J connectivity index is 1.49. The Morgan fingerprint density at radius 2 is 1.82 bits per heavy atom. The highest BCUT2D eigenvalue weighted by Gasteiger charge is 2.33. The number of amides is 1. The summed E-state index contributed by atoms with van der Waals surface area (Å²) in [5, 5.41) is 2.07. The van der Waals surface area contributed by atoms with Crippen LogP contribution in [-0.2, 0) is 10.5 Å². The summed E-state index contributed by atoms with van der Waals surface area (Å²) in [6.45, 7) is 0. The summed E-state index contributed by atoms with van der Waals surface area (Å²) in [5.74, 6) is -0.427. The van der Waals surface area contributed by atoms with Crippen molar-refractivity contribution in [3.05, 3.63) is 98.9 Å². The summed E-state index contributed by atoms with van der Waals surface area (Å²) >= 11 is 15.0. The van der Waals surface area contributed by atoms with Gasteiger partial charge in [0.2, 0.25) is 0 Å². The van der Waals surface area contributed by atoms with Crippen LogP contribution in [0.15, 0.2) is 77.4 Å². The lowest BCUT2D eigenvalue weighted by molar-refractivity contribution is -0.113. The molecule has 4 nitrogen and oxygen atoms in total. The predicted molar refractivity (Wildman–Crippen MR) is 137 cm³/mol. The number of thioether (sulfide) groups is 1. The van der Waals surface area contributed by atoms with Crippen LogP contribution in [0.2, 0.25) is 10.0 Å². The van der Waals surface area contributed by atoms with E-state index in [9.17, 15) is 9.18 Å². The first-order valence-electron chi connectivity index (χ1n) is 9.81. The summed E-state index contributed by atoms with van der Waals surface area (Å²) < 4.78 is 15.7. The Bertz CT molecular complexity index is 1420. The van der Waals surface area contributed by atoms with Gasteiger partial charge in [-0.15, -0.1) is 11.3 Å². The molecule has 0 aliphatic carbocycles. The van der Waals surface area contributed by atoms with Crippen molar-refractivity contribution in [2.75, 3.05) is 4.90 Å². The maximum atomic E-state index is 14.6. The molecule has 0 saturated heterocycles. The number of fused-ring (bicyclic) bond motifs is 1. The molecule has 2 heterocycles. The van der Waals surface area contributed by atoms with Gasteiger partial charge in [0.15, 0.2) is 5.17 Å². The number of rotatable bonds is 4. The maximum Gasteiger partial charge on any atom is 0.283 e. The number of hydrogen-bond acceptors (Lipinski definition) is 5. The molecule has 5 rings (SSSR count). The van der Waals surface area contributed by atoms with Gasteiger partial charge in [-0.25, -0.2) is 14.4 Å². The van der Waals surface area contributed by atoms with Gasteiger partial charge in [0.25, 0.3) is 5.91 Å². The largest absolute Gasteiger partial charge is 0.283 e. The summed E-state index contributed by atoms with van der Waals surface area (Å²) in [7, 11) is 0. The average Bonchev–Trinajstić information content (AvgIpc) is 3.36. The number of nitrogens with zero attached hydrogens (tertiary/aromatic N) is 3. The van der Waals surface area contributed by atoms with Crippen LogP contribution in [0.3, 0.4) is 0 Å². The van der Waals surface area contributed by atoms with E-state index in [-0.39, 0.29) is 11.4 Å². The van der Waals surface area contributed by atoms with Gasteiger partial charge in [0, 0.05) is 0 Å². The molecule has 0 unspecified atom stereocenters. The summed E-state index contributed by atoms with van der Waals surface area (Å²) in [4.78, 5) is 23.7. The molecular weight excluding hydrogens is 500 g/mol. The van der Waals surface area contributed by atoms with Gasteiger partial charge in [-0.3, -0.25) is 9.69 Å². The van der Waals surface area contributed by atoms with Crippen LogP contribution < -0.4 is 4.90 Å². The van der Waals surface area contributed by atoms with E-state index in [1.165, 1.54) is 22.7 Å². The van der Waals surface area contributed by atoms with Crippen molar-refractivity contribution in [2.45, 2.75) is 5.75 Å². The first kappa shape index (κ1) is 22.1. The van der Waals surface area contributed by atoms with E-state index in [1.807, 2.05) is 24.3 Å². The second-order valence-corrected chi connectivity index (χ2v) is 9.93. The Labute approximate surface area is 207 Å². The number of aromatic nitrogens is 1. The first-order valence-corrected chi connectivity index (χ1v) is 12.4. The lowest BCUT2D eigenvalue weighted by Gasteiger charge is -2.18. The highest BCUT2D eigenvalue weighted by Crippen LogP contribution is 2.34. The van der Waals surface area contributed by atoms with Gasteiger partial charge in [0.05, 0.1) is 31.7 Å². The van der Waals surface area contributed by atoms with E-state index < -0.39 is 11.7 Å². The fraction of sp³-hybridized carbons (Fsp3) is 0.0417. The quantitative estimate of drug-likeness (QED) is 0.266. The fourth-order valence-electron chi connectivity index (χ4n) is 3.31. The highest BCUT2D eigenvalue weighted by molar-refractivity contribution is 8.13. The number of carbonyl (C=O) groups excluding carboxylic acids is 1. The van der Waals surface area contributed by atoms with Gasteiger partial charge in [-0.05, 0) is 48.0 Å². The van der Waals surface area contributed by atoms with Crippen LogP contribution in [0, 0.1) is 5.82 Å².